The van der Waals surface area contributed by atoms with Crippen molar-refractivity contribution in [1.82, 2.24) is 19.6 Å². The van der Waals surface area contributed by atoms with Crippen LogP contribution >= 0.6 is 15.9 Å². The summed E-state index contributed by atoms with van der Waals surface area (Å²) in [7, 11) is 3.46. The minimum Gasteiger partial charge on any atom is -0.481 e. The van der Waals surface area contributed by atoms with Gasteiger partial charge in [0.15, 0.2) is 5.82 Å². The smallest absolute Gasteiger partial charge is 0.213 e. The van der Waals surface area contributed by atoms with Crippen LogP contribution in [0.15, 0.2) is 34.9 Å². The summed E-state index contributed by atoms with van der Waals surface area (Å²) >= 11 is 3.51. The number of aromatic nitrogens is 4. The molecular weight excluding hydrogens is 296 g/mol. The number of ether oxygens (including phenoxy) is 1. The third kappa shape index (κ3) is 1.69. The lowest BCUT2D eigenvalue weighted by Gasteiger charge is -1.95. The molecule has 3 aromatic rings. The fraction of sp³-hybridized carbons (Fsp3) is 0.167. The first-order valence-electron chi connectivity index (χ1n) is 5.41. The lowest BCUT2D eigenvalue weighted by Crippen LogP contribution is -1.98. The van der Waals surface area contributed by atoms with Gasteiger partial charge in [0, 0.05) is 29.2 Å². The molecule has 0 saturated heterocycles. The second-order valence-electron chi connectivity index (χ2n) is 3.91. The SMILES string of the molecule is COc1cc(-n2cc3c(Br)cccc3n2)nn1C. The van der Waals surface area contributed by atoms with Gasteiger partial charge in [0.1, 0.15) is 0 Å². The normalized spacial score (nSPS) is 11.1. The number of nitrogens with zero attached hydrogens (tertiary/aromatic N) is 4. The van der Waals surface area contributed by atoms with E-state index >= 15 is 0 Å². The topological polar surface area (TPSA) is 44.9 Å². The van der Waals surface area contributed by atoms with Crippen molar-refractivity contribution in [3.63, 3.8) is 0 Å². The van der Waals surface area contributed by atoms with Crippen LogP contribution in [0.25, 0.3) is 16.7 Å². The Balaban J connectivity index is 2.16. The lowest BCUT2D eigenvalue weighted by molar-refractivity contribution is 0.373. The van der Waals surface area contributed by atoms with Gasteiger partial charge in [-0.05, 0) is 12.1 Å². The van der Waals surface area contributed by atoms with Crippen molar-refractivity contribution in [2.75, 3.05) is 7.11 Å². The van der Waals surface area contributed by atoms with Crippen LogP contribution in [0.4, 0.5) is 0 Å². The first-order valence-corrected chi connectivity index (χ1v) is 6.20. The van der Waals surface area contributed by atoms with Gasteiger partial charge >= 0.3 is 0 Å². The van der Waals surface area contributed by atoms with E-state index in [4.69, 9.17) is 4.74 Å². The highest BCUT2D eigenvalue weighted by atomic mass is 79.9. The molecule has 0 unspecified atom stereocenters. The molecule has 0 atom stereocenters. The van der Waals surface area contributed by atoms with Crippen LogP contribution in [-0.2, 0) is 7.05 Å². The molecule has 3 rings (SSSR count). The predicted molar refractivity (Wildman–Crippen MR) is 72.1 cm³/mol. The Morgan fingerprint density at radius 1 is 1.28 bits per heavy atom. The van der Waals surface area contributed by atoms with Gasteiger partial charge < -0.3 is 4.74 Å². The van der Waals surface area contributed by atoms with Crippen molar-refractivity contribution < 1.29 is 4.74 Å². The van der Waals surface area contributed by atoms with Gasteiger partial charge in [-0.2, -0.15) is 5.10 Å². The molecule has 0 saturated carbocycles. The van der Waals surface area contributed by atoms with E-state index in [1.165, 1.54) is 0 Å². The average Bonchev–Trinajstić information content (AvgIpc) is 2.93. The quantitative estimate of drug-likeness (QED) is 0.731. The van der Waals surface area contributed by atoms with E-state index < -0.39 is 0 Å². The van der Waals surface area contributed by atoms with E-state index in [-0.39, 0.29) is 0 Å². The fourth-order valence-corrected chi connectivity index (χ4v) is 2.32. The van der Waals surface area contributed by atoms with Crippen LogP contribution in [0.2, 0.25) is 0 Å². The van der Waals surface area contributed by atoms with Crippen molar-refractivity contribution in [3.8, 4) is 11.7 Å². The molecule has 0 amide bonds. The number of fused-ring (bicyclic) bond motifs is 1. The molecule has 0 bridgehead atoms. The molecule has 0 radical (unpaired) electrons. The van der Waals surface area contributed by atoms with Crippen molar-refractivity contribution in [1.29, 1.82) is 0 Å². The maximum atomic E-state index is 5.20. The summed E-state index contributed by atoms with van der Waals surface area (Å²) < 4.78 is 9.64. The van der Waals surface area contributed by atoms with Gasteiger partial charge in [-0.3, -0.25) is 0 Å². The first kappa shape index (κ1) is 11.3. The molecule has 0 spiro atoms. The minimum atomic E-state index is 0.698. The zero-order chi connectivity index (χ0) is 12.7. The second kappa shape index (κ2) is 4.13. The monoisotopic (exact) mass is 306 g/mol. The van der Waals surface area contributed by atoms with Crippen LogP contribution in [0.3, 0.4) is 0 Å². The van der Waals surface area contributed by atoms with Crippen molar-refractivity contribution in [2.24, 2.45) is 7.05 Å². The van der Waals surface area contributed by atoms with Gasteiger partial charge in [0.2, 0.25) is 5.88 Å². The van der Waals surface area contributed by atoms with Gasteiger partial charge in [-0.1, -0.05) is 22.0 Å². The zero-order valence-corrected chi connectivity index (χ0v) is 11.5. The molecule has 0 aliphatic carbocycles. The average molecular weight is 307 g/mol. The van der Waals surface area contributed by atoms with Gasteiger partial charge in [0.25, 0.3) is 0 Å². The van der Waals surface area contributed by atoms with E-state index in [9.17, 15) is 0 Å². The van der Waals surface area contributed by atoms with Crippen molar-refractivity contribution in [3.05, 3.63) is 34.9 Å². The molecule has 1 aromatic carbocycles. The third-order valence-electron chi connectivity index (χ3n) is 2.76. The van der Waals surface area contributed by atoms with E-state index in [2.05, 4.69) is 26.1 Å². The van der Waals surface area contributed by atoms with Crippen molar-refractivity contribution in [2.45, 2.75) is 0 Å². The highest BCUT2D eigenvalue weighted by Gasteiger charge is 2.10. The Hall–Kier alpha value is -1.82. The Labute approximate surface area is 112 Å². The summed E-state index contributed by atoms with van der Waals surface area (Å²) in [6.07, 6.45) is 1.95. The largest absolute Gasteiger partial charge is 0.481 e. The van der Waals surface area contributed by atoms with Crippen LogP contribution in [0.5, 0.6) is 5.88 Å². The van der Waals surface area contributed by atoms with E-state index in [0.29, 0.717) is 5.88 Å². The summed E-state index contributed by atoms with van der Waals surface area (Å²) in [5.74, 6) is 1.43. The molecule has 0 aliphatic rings. The fourth-order valence-electron chi connectivity index (χ4n) is 1.86. The first-order chi connectivity index (χ1) is 8.69. The summed E-state index contributed by atoms with van der Waals surface area (Å²) in [6.45, 7) is 0. The number of hydrogen-bond donors (Lipinski definition) is 0. The molecular formula is C12H11BrN4O. The maximum Gasteiger partial charge on any atom is 0.213 e. The van der Waals surface area contributed by atoms with E-state index in [0.717, 1.165) is 21.2 Å². The van der Waals surface area contributed by atoms with Crippen molar-refractivity contribution >= 4 is 26.8 Å². The second-order valence-corrected chi connectivity index (χ2v) is 4.77. The van der Waals surface area contributed by atoms with E-state index in [1.54, 1.807) is 16.5 Å². The van der Waals surface area contributed by atoms with E-state index in [1.807, 2.05) is 37.5 Å². The van der Waals surface area contributed by atoms with Gasteiger partial charge in [0.05, 0.1) is 12.6 Å². The number of aryl methyl sites for hydroxylation is 1. The predicted octanol–water partition coefficient (Wildman–Crippen LogP) is 2.53. The highest BCUT2D eigenvalue weighted by molar-refractivity contribution is 9.10. The molecule has 2 aromatic heterocycles. The Morgan fingerprint density at radius 2 is 2.11 bits per heavy atom. The van der Waals surface area contributed by atoms with Gasteiger partial charge in [-0.25, -0.2) is 9.36 Å². The number of halogens is 1. The number of rotatable bonds is 2. The molecule has 5 nitrogen and oxygen atoms in total. The minimum absolute atomic E-state index is 0.698. The summed E-state index contributed by atoms with van der Waals surface area (Å²) in [5, 5.41) is 9.90. The molecule has 18 heavy (non-hydrogen) atoms. The zero-order valence-electron chi connectivity index (χ0n) is 9.96. The van der Waals surface area contributed by atoms with Crippen LogP contribution in [0.1, 0.15) is 0 Å². The van der Waals surface area contributed by atoms with Crippen LogP contribution in [-0.4, -0.2) is 26.7 Å². The molecule has 6 heteroatoms. The molecule has 0 aliphatic heterocycles. The summed E-state index contributed by atoms with van der Waals surface area (Å²) in [6, 6.07) is 7.77. The van der Waals surface area contributed by atoms with Crippen LogP contribution < -0.4 is 4.74 Å². The van der Waals surface area contributed by atoms with Gasteiger partial charge in [-0.15, -0.1) is 5.10 Å². The number of benzene rings is 1. The number of methoxy groups -OCH3 is 1. The molecule has 0 fully saturated rings. The summed E-state index contributed by atoms with van der Waals surface area (Å²) in [5.41, 5.74) is 0.925. The lowest BCUT2D eigenvalue weighted by atomic mass is 10.3. The van der Waals surface area contributed by atoms with Crippen LogP contribution in [0, 0.1) is 0 Å². The maximum absolute atomic E-state index is 5.20. The number of hydrogen-bond acceptors (Lipinski definition) is 3. The molecule has 0 N–H and O–H groups in total. The highest BCUT2D eigenvalue weighted by Crippen LogP contribution is 2.24. The molecule has 92 valence electrons. The summed E-state index contributed by atoms with van der Waals surface area (Å²) in [4.78, 5) is 0. The molecule has 2 heterocycles. The third-order valence-corrected chi connectivity index (χ3v) is 3.46. The standard InChI is InChI=1S/C12H11BrN4O/c1-16-12(18-2)6-11(15-16)17-7-8-9(13)4-3-5-10(8)14-17/h3-7H,1-2H3. The Morgan fingerprint density at radius 3 is 2.78 bits per heavy atom. The Kier molecular flexibility index (Phi) is 2.59. The Bertz CT molecular complexity index is 716.